The topological polar surface area (TPSA) is 62.2 Å². The summed E-state index contributed by atoms with van der Waals surface area (Å²) in [5.74, 6) is 5.25. The molecular weight excluding hydrogens is 264 g/mol. The lowest BCUT2D eigenvalue weighted by atomic mass is 10.1. The van der Waals surface area contributed by atoms with Crippen LogP contribution in [0.2, 0.25) is 0 Å². The number of aliphatic hydroxyl groups is 1. The lowest BCUT2D eigenvalue weighted by Gasteiger charge is -2.05. The quantitative estimate of drug-likeness (QED) is 0.832. The minimum Gasteiger partial charge on any atom is -0.384 e. The number of pyridine rings is 1. The summed E-state index contributed by atoms with van der Waals surface area (Å²) in [5, 5.41) is 11.5. The second-order valence-electron chi connectivity index (χ2n) is 4.40. The molecule has 2 N–H and O–H groups in total. The Labute approximate surface area is 123 Å². The van der Waals surface area contributed by atoms with Gasteiger partial charge < -0.3 is 10.4 Å². The molecule has 1 amide bonds. The molecule has 106 valence electrons. The van der Waals surface area contributed by atoms with E-state index in [0.717, 1.165) is 17.5 Å². The van der Waals surface area contributed by atoms with E-state index in [0.29, 0.717) is 12.1 Å². The van der Waals surface area contributed by atoms with Gasteiger partial charge in [-0.3, -0.25) is 9.78 Å². The average Bonchev–Trinajstić information content (AvgIpc) is 2.54. The Morgan fingerprint density at radius 1 is 1.14 bits per heavy atom. The Hall–Kier alpha value is -2.64. The van der Waals surface area contributed by atoms with Crippen molar-refractivity contribution in [3.05, 3.63) is 65.5 Å². The number of nitrogens with one attached hydrogen (secondary N) is 1. The van der Waals surface area contributed by atoms with E-state index < -0.39 is 0 Å². The van der Waals surface area contributed by atoms with E-state index in [1.54, 1.807) is 36.7 Å². The molecule has 0 aliphatic carbocycles. The van der Waals surface area contributed by atoms with Gasteiger partial charge in [-0.1, -0.05) is 11.8 Å². The highest BCUT2D eigenvalue weighted by atomic mass is 16.2. The standard InChI is InChI=1S/C17H16N2O2/c20-13-1-2-14-3-5-16(6-4-14)17(21)19-12-9-15-7-10-18-11-8-15/h3-8,10-11,20H,9,12-13H2,(H,19,21). The molecule has 1 aromatic heterocycles. The minimum absolute atomic E-state index is 0.106. The number of carbonyl (C=O) groups is 1. The van der Waals surface area contributed by atoms with Gasteiger partial charge in [-0.2, -0.15) is 0 Å². The normalized spacial score (nSPS) is 9.57. The maximum atomic E-state index is 12.0. The summed E-state index contributed by atoms with van der Waals surface area (Å²) in [6.07, 6.45) is 4.25. The summed E-state index contributed by atoms with van der Waals surface area (Å²) in [7, 11) is 0. The summed E-state index contributed by atoms with van der Waals surface area (Å²) in [6.45, 7) is 0.409. The minimum atomic E-state index is -0.169. The molecule has 0 unspecified atom stereocenters. The van der Waals surface area contributed by atoms with Gasteiger partial charge in [-0.05, 0) is 48.4 Å². The molecular formula is C17H16N2O2. The summed E-state index contributed by atoms with van der Waals surface area (Å²) in [4.78, 5) is 15.9. The molecule has 0 bridgehead atoms. The Kier molecular flexibility index (Phi) is 5.50. The summed E-state index contributed by atoms with van der Waals surface area (Å²) < 4.78 is 0. The van der Waals surface area contributed by atoms with Crippen LogP contribution in [-0.4, -0.2) is 29.1 Å². The smallest absolute Gasteiger partial charge is 0.251 e. The van der Waals surface area contributed by atoms with Gasteiger partial charge in [0.1, 0.15) is 6.61 Å². The monoisotopic (exact) mass is 280 g/mol. The van der Waals surface area contributed by atoms with Crippen LogP contribution in [0.4, 0.5) is 0 Å². The molecule has 4 heteroatoms. The average molecular weight is 280 g/mol. The van der Waals surface area contributed by atoms with Crippen LogP contribution >= 0.6 is 0 Å². The Morgan fingerprint density at radius 2 is 1.86 bits per heavy atom. The van der Waals surface area contributed by atoms with Crippen molar-refractivity contribution in [2.24, 2.45) is 0 Å². The molecule has 0 fully saturated rings. The van der Waals surface area contributed by atoms with Crippen LogP contribution in [-0.2, 0) is 6.42 Å². The zero-order valence-electron chi connectivity index (χ0n) is 11.5. The molecule has 0 radical (unpaired) electrons. The highest BCUT2D eigenvalue weighted by Gasteiger charge is 2.04. The molecule has 0 aliphatic heterocycles. The highest BCUT2D eigenvalue weighted by molar-refractivity contribution is 5.94. The van der Waals surface area contributed by atoms with E-state index >= 15 is 0 Å². The number of rotatable bonds is 4. The van der Waals surface area contributed by atoms with E-state index in [1.165, 1.54) is 0 Å². The number of carbonyl (C=O) groups excluding carboxylic acids is 1. The molecule has 4 nitrogen and oxygen atoms in total. The lowest BCUT2D eigenvalue weighted by molar-refractivity contribution is 0.0954. The van der Waals surface area contributed by atoms with E-state index in [9.17, 15) is 4.79 Å². The summed E-state index contributed by atoms with van der Waals surface area (Å²) in [6, 6.07) is 10.8. The fourth-order valence-corrected chi connectivity index (χ4v) is 1.82. The van der Waals surface area contributed by atoms with Crippen molar-refractivity contribution in [1.82, 2.24) is 10.3 Å². The Balaban J connectivity index is 1.85. The van der Waals surface area contributed by atoms with Crippen LogP contribution in [0.5, 0.6) is 0 Å². The molecule has 2 rings (SSSR count). The highest BCUT2D eigenvalue weighted by Crippen LogP contribution is 2.03. The molecule has 0 spiro atoms. The SMILES string of the molecule is O=C(NCCc1ccncc1)c1ccc(C#CCO)cc1. The zero-order valence-corrected chi connectivity index (χ0v) is 11.5. The maximum absolute atomic E-state index is 12.0. The van der Waals surface area contributed by atoms with Gasteiger partial charge >= 0.3 is 0 Å². The van der Waals surface area contributed by atoms with Crippen LogP contribution < -0.4 is 5.32 Å². The third-order valence-corrected chi connectivity index (χ3v) is 2.91. The van der Waals surface area contributed by atoms with Gasteiger partial charge in [-0.15, -0.1) is 0 Å². The number of benzene rings is 1. The maximum Gasteiger partial charge on any atom is 0.251 e. The summed E-state index contributed by atoms with van der Waals surface area (Å²) in [5.41, 5.74) is 2.51. The van der Waals surface area contributed by atoms with Gasteiger partial charge in [-0.25, -0.2) is 0 Å². The Morgan fingerprint density at radius 3 is 2.52 bits per heavy atom. The number of aromatic nitrogens is 1. The molecule has 0 saturated heterocycles. The van der Waals surface area contributed by atoms with Crippen molar-refractivity contribution in [2.45, 2.75) is 6.42 Å². The van der Waals surface area contributed by atoms with Gasteiger partial charge in [0.2, 0.25) is 0 Å². The second kappa shape index (κ2) is 7.83. The zero-order chi connectivity index (χ0) is 14.9. The lowest BCUT2D eigenvalue weighted by Crippen LogP contribution is -2.25. The van der Waals surface area contributed by atoms with Crippen LogP contribution in [0.15, 0.2) is 48.8 Å². The van der Waals surface area contributed by atoms with Crippen molar-refractivity contribution < 1.29 is 9.90 Å². The van der Waals surface area contributed by atoms with Crippen molar-refractivity contribution >= 4 is 5.91 Å². The van der Waals surface area contributed by atoms with Crippen LogP contribution in [0, 0.1) is 11.8 Å². The molecule has 0 aliphatic rings. The van der Waals surface area contributed by atoms with Gasteiger partial charge in [0.05, 0.1) is 0 Å². The predicted molar refractivity (Wildman–Crippen MR) is 80.7 cm³/mol. The van der Waals surface area contributed by atoms with Gasteiger partial charge in [0.15, 0.2) is 0 Å². The first-order chi connectivity index (χ1) is 10.3. The van der Waals surface area contributed by atoms with Crippen molar-refractivity contribution in [3.63, 3.8) is 0 Å². The molecule has 1 heterocycles. The molecule has 0 atom stereocenters. The first kappa shape index (κ1) is 14.8. The van der Waals surface area contributed by atoms with Gasteiger partial charge in [0.25, 0.3) is 5.91 Å². The Bertz CT molecular complexity index is 640. The number of hydrogen-bond donors (Lipinski definition) is 2. The molecule has 1 aromatic carbocycles. The van der Waals surface area contributed by atoms with Crippen LogP contribution in [0.3, 0.4) is 0 Å². The van der Waals surface area contributed by atoms with E-state index in [2.05, 4.69) is 22.1 Å². The van der Waals surface area contributed by atoms with E-state index in [-0.39, 0.29) is 12.5 Å². The van der Waals surface area contributed by atoms with Crippen LogP contribution in [0.1, 0.15) is 21.5 Å². The molecule has 21 heavy (non-hydrogen) atoms. The van der Waals surface area contributed by atoms with Gasteiger partial charge in [0, 0.05) is 30.1 Å². The van der Waals surface area contributed by atoms with E-state index in [1.807, 2.05) is 12.1 Å². The third kappa shape index (κ3) is 4.75. The third-order valence-electron chi connectivity index (χ3n) is 2.91. The second-order valence-corrected chi connectivity index (χ2v) is 4.40. The first-order valence-corrected chi connectivity index (χ1v) is 6.66. The van der Waals surface area contributed by atoms with Crippen molar-refractivity contribution in [2.75, 3.05) is 13.2 Å². The molecule has 2 aromatic rings. The fourth-order valence-electron chi connectivity index (χ4n) is 1.82. The predicted octanol–water partition coefficient (Wildman–Crippen LogP) is 1.40. The summed E-state index contributed by atoms with van der Waals surface area (Å²) >= 11 is 0. The number of aliphatic hydroxyl groups excluding tert-OH is 1. The van der Waals surface area contributed by atoms with Crippen molar-refractivity contribution in [3.8, 4) is 11.8 Å². The number of hydrogen-bond acceptors (Lipinski definition) is 3. The fraction of sp³-hybridized carbons (Fsp3) is 0.176. The van der Waals surface area contributed by atoms with E-state index in [4.69, 9.17) is 5.11 Å². The van der Waals surface area contributed by atoms with Crippen LogP contribution in [0.25, 0.3) is 0 Å². The molecule has 0 saturated carbocycles. The first-order valence-electron chi connectivity index (χ1n) is 6.66. The number of amides is 1. The van der Waals surface area contributed by atoms with Crippen molar-refractivity contribution in [1.29, 1.82) is 0 Å². The largest absolute Gasteiger partial charge is 0.384 e. The number of nitrogens with zero attached hydrogens (tertiary/aromatic N) is 1.